The van der Waals surface area contributed by atoms with Gasteiger partial charge in [-0.25, -0.2) is 9.97 Å². The molecule has 1 aliphatic heterocycles. The van der Waals surface area contributed by atoms with Crippen molar-refractivity contribution in [2.75, 3.05) is 27.4 Å². The van der Waals surface area contributed by atoms with Crippen molar-refractivity contribution in [3.8, 4) is 22.9 Å². The van der Waals surface area contributed by atoms with Crippen molar-refractivity contribution in [2.24, 2.45) is 0 Å². The normalized spacial score (nSPS) is 15.9. The van der Waals surface area contributed by atoms with Crippen LogP contribution in [0, 0.1) is 0 Å². The summed E-state index contributed by atoms with van der Waals surface area (Å²) in [4.78, 5) is 11.6. The Labute approximate surface area is 183 Å². The Morgan fingerprint density at radius 3 is 2.06 bits per heavy atom. The van der Waals surface area contributed by atoms with Crippen molar-refractivity contribution in [2.45, 2.75) is 32.0 Å². The first-order valence-corrected chi connectivity index (χ1v) is 10.7. The molecule has 1 aliphatic rings. The fourth-order valence-electron chi connectivity index (χ4n) is 3.83. The van der Waals surface area contributed by atoms with Gasteiger partial charge in [0.15, 0.2) is 5.82 Å². The number of rotatable bonds is 9. The summed E-state index contributed by atoms with van der Waals surface area (Å²) in [5.41, 5.74) is 3.31. The van der Waals surface area contributed by atoms with Crippen LogP contribution in [0.4, 0.5) is 0 Å². The minimum atomic E-state index is 0.290. The van der Waals surface area contributed by atoms with Gasteiger partial charge in [0.1, 0.15) is 11.5 Å². The second-order valence-corrected chi connectivity index (χ2v) is 7.80. The van der Waals surface area contributed by atoms with Crippen LogP contribution in [-0.2, 0) is 17.8 Å². The fourth-order valence-corrected chi connectivity index (χ4v) is 3.83. The third-order valence-electron chi connectivity index (χ3n) is 5.51. The predicted molar refractivity (Wildman–Crippen MR) is 120 cm³/mol. The molecule has 2 aromatic carbocycles. The van der Waals surface area contributed by atoms with Crippen molar-refractivity contribution in [3.63, 3.8) is 0 Å². The maximum Gasteiger partial charge on any atom is 0.159 e. The van der Waals surface area contributed by atoms with Gasteiger partial charge in [0.05, 0.1) is 20.3 Å². The van der Waals surface area contributed by atoms with E-state index >= 15 is 0 Å². The zero-order valence-corrected chi connectivity index (χ0v) is 18.2. The summed E-state index contributed by atoms with van der Waals surface area (Å²) >= 11 is 0. The molecule has 1 aromatic heterocycles. The van der Waals surface area contributed by atoms with Crippen molar-refractivity contribution < 1.29 is 14.2 Å². The van der Waals surface area contributed by atoms with Gasteiger partial charge < -0.3 is 14.2 Å². The van der Waals surface area contributed by atoms with Crippen LogP contribution in [0.5, 0.6) is 11.5 Å². The molecule has 1 saturated heterocycles. The van der Waals surface area contributed by atoms with E-state index in [1.165, 1.54) is 5.56 Å². The Hall–Kier alpha value is -2.96. The fraction of sp³-hybridized carbons (Fsp3) is 0.360. The maximum atomic E-state index is 5.89. The van der Waals surface area contributed by atoms with Gasteiger partial charge in [-0.05, 0) is 54.8 Å². The number of nitrogens with zero attached hydrogens (tertiary/aromatic N) is 3. The molecular weight excluding hydrogens is 390 g/mol. The van der Waals surface area contributed by atoms with Gasteiger partial charge in [0.2, 0.25) is 0 Å². The lowest BCUT2D eigenvalue weighted by atomic mass is 10.1. The Kier molecular flexibility index (Phi) is 7.12. The van der Waals surface area contributed by atoms with E-state index in [0.29, 0.717) is 5.82 Å². The number of ether oxygens (including phenoxy) is 3. The summed E-state index contributed by atoms with van der Waals surface area (Å²) in [6.07, 6.45) is 6.39. The van der Waals surface area contributed by atoms with E-state index in [-0.39, 0.29) is 6.10 Å². The second kappa shape index (κ2) is 10.4. The summed E-state index contributed by atoms with van der Waals surface area (Å²) in [6, 6.07) is 16.0. The van der Waals surface area contributed by atoms with Gasteiger partial charge >= 0.3 is 0 Å². The lowest BCUT2D eigenvalue weighted by Gasteiger charge is -2.25. The first-order chi connectivity index (χ1) is 15.2. The average molecular weight is 420 g/mol. The molecule has 0 amide bonds. The molecule has 0 radical (unpaired) electrons. The molecule has 2 heterocycles. The van der Waals surface area contributed by atoms with Crippen LogP contribution in [-0.4, -0.2) is 48.3 Å². The molecule has 0 aliphatic carbocycles. The van der Waals surface area contributed by atoms with E-state index in [1.807, 2.05) is 48.8 Å². The molecule has 31 heavy (non-hydrogen) atoms. The van der Waals surface area contributed by atoms with Crippen LogP contribution < -0.4 is 9.47 Å². The van der Waals surface area contributed by atoms with Crippen LogP contribution >= 0.6 is 0 Å². The highest BCUT2D eigenvalue weighted by atomic mass is 16.5. The Morgan fingerprint density at radius 1 is 0.871 bits per heavy atom. The smallest absolute Gasteiger partial charge is 0.159 e. The topological polar surface area (TPSA) is 56.7 Å². The Balaban J connectivity index is 1.45. The van der Waals surface area contributed by atoms with E-state index < -0.39 is 0 Å². The molecule has 1 atom stereocenters. The molecule has 0 bridgehead atoms. The molecule has 0 spiro atoms. The number of hydrogen-bond acceptors (Lipinski definition) is 6. The molecule has 6 nitrogen and oxygen atoms in total. The summed E-state index contributed by atoms with van der Waals surface area (Å²) in [5.74, 6) is 2.41. The molecule has 162 valence electrons. The standard InChI is InChI=1S/C25H29N3O3/c1-29-22-9-5-19(6-10-22)16-28(18-24-4-3-13-31-24)17-20-14-26-25(27-15-20)21-7-11-23(30-2)12-8-21/h5-12,14-15,24H,3-4,13,16-18H2,1-2H3/t24-/m1/s1. The van der Waals surface area contributed by atoms with E-state index in [4.69, 9.17) is 14.2 Å². The number of aromatic nitrogens is 2. The molecule has 0 saturated carbocycles. The van der Waals surface area contributed by atoms with Crippen LogP contribution in [0.25, 0.3) is 11.4 Å². The average Bonchev–Trinajstić information content (AvgIpc) is 3.33. The van der Waals surface area contributed by atoms with Gasteiger partial charge in [-0.2, -0.15) is 0 Å². The van der Waals surface area contributed by atoms with Crippen LogP contribution in [0.1, 0.15) is 24.0 Å². The largest absolute Gasteiger partial charge is 0.497 e. The lowest BCUT2D eigenvalue weighted by molar-refractivity contribution is 0.0678. The SMILES string of the molecule is COc1ccc(CN(Cc2cnc(-c3ccc(OC)cc3)nc2)C[C@H]2CCCO2)cc1. The minimum absolute atomic E-state index is 0.290. The molecule has 0 unspecified atom stereocenters. The van der Waals surface area contributed by atoms with Gasteiger partial charge in [-0.15, -0.1) is 0 Å². The van der Waals surface area contributed by atoms with E-state index in [0.717, 1.165) is 61.7 Å². The first kappa shape index (κ1) is 21.3. The summed E-state index contributed by atoms with van der Waals surface area (Å²) in [7, 11) is 3.35. The van der Waals surface area contributed by atoms with E-state index in [1.54, 1.807) is 14.2 Å². The van der Waals surface area contributed by atoms with Crippen molar-refractivity contribution >= 4 is 0 Å². The molecule has 3 aromatic rings. The second-order valence-electron chi connectivity index (χ2n) is 7.80. The predicted octanol–water partition coefficient (Wildman–Crippen LogP) is 4.34. The van der Waals surface area contributed by atoms with Gasteiger partial charge in [0.25, 0.3) is 0 Å². The summed E-state index contributed by atoms with van der Waals surface area (Å²) in [5, 5.41) is 0. The number of hydrogen-bond donors (Lipinski definition) is 0. The summed E-state index contributed by atoms with van der Waals surface area (Å²) < 4.78 is 16.4. The first-order valence-electron chi connectivity index (χ1n) is 10.7. The highest BCUT2D eigenvalue weighted by Gasteiger charge is 2.20. The third-order valence-corrected chi connectivity index (χ3v) is 5.51. The highest BCUT2D eigenvalue weighted by molar-refractivity contribution is 5.55. The zero-order chi connectivity index (χ0) is 21.5. The van der Waals surface area contributed by atoms with Crippen molar-refractivity contribution in [1.29, 1.82) is 0 Å². The van der Waals surface area contributed by atoms with E-state index in [9.17, 15) is 0 Å². The number of methoxy groups -OCH3 is 2. The Morgan fingerprint density at radius 2 is 1.48 bits per heavy atom. The zero-order valence-electron chi connectivity index (χ0n) is 18.2. The number of benzene rings is 2. The quantitative estimate of drug-likeness (QED) is 0.514. The van der Waals surface area contributed by atoms with E-state index in [2.05, 4.69) is 27.0 Å². The molecular formula is C25H29N3O3. The molecule has 1 fully saturated rings. The lowest BCUT2D eigenvalue weighted by Crippen LogP contribution is -2.31. The van der Waals surface area contributed by atoms with Gasteiger partial charge in [0, 0.05) is 49.8 Å². The van der Waals surface area contributed by atoms with Crippen molar-refractivity contribution in [3.05, 3.63) is 72.1 Å². The van der Waals surface area contributed by atoms with Crippen LogP contribution in [0.2, 0.25) is 0 Å². The highest BCUT2D eigenvalue weighted by Crippen LogP contribution is 2.21. The van der Waals surface area contributed by atoms with Crippen molar-refractivity contribution in [1.82, 2.24) is 14.9 Å². The summed E-state index contributed by atoms with van der Waals surface area (Å²) in [6.45, 7) is 3.37. The molecule has 4 rings (SSSR count). The minimum Gasteiger partial charge on any atom is -0.497 e. The maximum absolute atomic E-state index is 5.89. The monoisotopic (exact) mass is 419 g/mol. The van der Waals surface area contributed by atoms with Crippen LogP contribution in [0.15, 0.2) is 60.9 Å². The Bertz CT molecular complexity index is 937. The van der Waals surface area contributed by atoms with Gasteiger partial charge in [-0.3, -0.25) is 4.90 Å². The molecule has 0 N–H and O–H groups in total. The van der Waals surface area contributed by atoms with Gasteiger partial charge in [-0.1, -0.05) is 12.1 Å². The van der Waals surface area contributed by atoms with Crippen LogP contribution in [0.3, 0.4) is 0 Å². The third kappa shape index (κ3) is 5.81. The molecule has 6 heteroatoms.